The number of rotatable bonds is 2. The smallest absolute Gasteiger partial charge is 0.191 e. The number of fused-ring (bicyclic) bond motifs is 1. The quantitative estimate of drug-likeness (QED) is 0.468. The molecule has 0 amide bonds. The van der Waals surface area contributed by atoms with E-state index < -0.39 is 0 Å². The molecule has 1 aliphatic heterocycles. The van der Waals surface area contributed by atoms with E-state index in [1.807, 2.05) is 16.7 Å². The number of aliphatic imine (C=N–C) groups is 1. The summed E-state index contributed by atoms with van der Waals surface area (Å²) in [7, 11) is 0. The van der Waals surface area contributed by atoms with E-state index >= 15 is 0 Å². The second-order valence-corrected chi connectivity index (χ2v) is 6.07. The van der Waals surface area contributed by atoms with Gasteiger partial charge in [-0.1, -0.05) is 13.0 Å². The fourth-order valence-corrected chi connectivity index (χ4v) is 2.89. The lowest BCUT2D eigenvalue weighted by atomic mass is 10.0. The Morgan fingerprint density at radius 2 is 2.23 bits per heavy atom. The van der Waals surface area contributed by atoms with E-state index in [0.29, 0.717) is 18.4 Å². The number of nitrogens with zero attached hydrogens (tertiary/aromatic N) is 4. The molecule has 0 spiro atoms. The fraction of sp³-hybridized carbons (Fsp3) is 0.500. The molecule has 2 aromatic rings. The molecule has 6 heteroatoms. The summed E-state index contributed by atoms with van der Waals surface area (Å²) in [5.74, 6) is 1.35. The van der Waals surface area contributed by atoms with E-state index in [1.165, 1.54) is 18.4 Å². The number of pyridine rings is 1. The molecule has 2 N–H and O–H groups in total. The molecule has 0 aliphatic carbocycles. The van der Waals surface area contributed by atoms with Crippen molar-refractivity contribution in [3.05, 3.63) is 35.8 Å². The van der Waals surface area contributed by atoms with Crippen molar-refractivity contribution in [3.8, 4) is 0 Å². The van der Waals surface area contributed by atoms with Crippen LogP contribution in [0.2, 0.25) is 0 Å². The first-order valence-corrected chi connectivity index (χ1v) is 7.61. The summed E-state index contributed by atoms with van der Waals surface area (Å²) in [5.41, 5.74) is 9.24. The van der Waals surface area contributed by atoms with Crippen LogP contribution in [0, 0.1) is 12.8 Å². The van der Waals surface area contributed by atoms with Crippen molar-refractivity contribution in [2.75, 3.05) is 13.1 Å². The molecular weight excluding hydrogens is 389 g/mol. The van der Waals surface area contributed by atoms with Crippen molar-refractivity contribution in [2.24, 2.45) is 16.6 Å². The predicted molar refractivity (Wildman–Crippen MR) is 101 cm³/mol. The number of aromatic nitrogens is 2. The Hall–Kier alpha value is -1.31. The van der Waals surface area contributed by atoms with Gasteiger partial charge in [0, 0.05) is 25.5 Å². The highest BCUT2D eigenvalue weighted by atomic mass is 127. The van der Waals surface area contributed by atoms with Gasteiger partial charge in [0.2, 0.25) is 0 Å². The average molecular weight is 413 g/mol. The number of guanidine groups is 1. The van der Waals surface area contributed by atoms with Crippen molar-refractivity contribution in [2.45, 2.75) is 33.2 Å². The maximum absolute atomic E-state index is 6.12. The highest BCUT2D eigenvalue weighted by Gasteiger charge is 2.17. The highest BCUT2D eigenvalue weighted by molar-refractivity contribution is 14.0. The molecule has 0 radical (unpaired) electrons. The lowest BCUT2D eigenvalue weighted by Crippen LogP contribution is -2.43. The molecule has 1 atom stereocenters. The number of hydrogen-bond donors (Lipinski definition) is 1. The first-order valence-electron chi connectivity index (χ1n) is 7.61. The van der Waals surface area contributed by atoms with Crippen molar-refractivity contribution in [1.29, 1.82) is 0 Å². The monoisotopic (exact) mass is 413 g/mol. The molecule has 0 bridgehead atoms. The summed E-state index contributed by atoms with van der Waals surface area (Å²) in [5, 5.41) is 0. The van der Waals surface area contributed by atoms with Crippen molar-refractivity contribution in [1.82, 2.24) is 14.3 Å². The van der Waals surface area contributed by atoms with E-state index in [4.69, 9.17) is 5.73 Å². The first kappa shape index (κ1) is 17.1. The van der Waals surface area contributed by atoms with Gasteiger partial charge in [0.15, 0.2) is 5.96 Å². The topological polar surface area (TPSA) is 58.9 Å². The average Bonchev–Trinajstić information content (AvgIpc) is 2.86. The van der Waals surface area contributed by atoms with Gasteiger partial charge >= 0.3 is 0 Å². The van der Waals surface area contributed by atoms with Gasteiger partial charge in [0.1, 0.15) is 5.65 Å². The molecule has 0 aromatic carbocycles. The van der Waals surface area contributed by atoms with Crippen LogP contribution in [0.1, 0.15) is 31.0 Å². The SMILES string of the molecule is Cc1ccc2nc(CN=C(N)N3CCCC(C)C3)cn2c1.I. The van der Waals surface area contributed by atoms with Crippen LogP contribution in [0.3, 0.4) is 0 Å². The Labute approximate surface area is 148 Å². The van der Waals surface area contributed by atoms with Crippen LogP contribution in [0.25, 0.3) is 5.65 Å². The molecule has 0 saturated carbocycles. The molecular formula is C16H24IN5. The maximum Gasteiger partial charge on any atom is 0.191 e. The van der Waals surface area contributed by atoms with Gasteiger partial charge in [-0.2, -0.15) is 0 Å². The minimum atomic E-state index is 0. The highest BCUT2D eigenvalue weighted by Crippen LogP contribution is 2.15. The summed E-state index contributed by atoms with van der Waals surface area (Å²) in [6, 6.07) is 4.09. The Morgan fingerprint density at radius 1 is 1.41 bits per heavy atom. The number of imidazole rings is 1. The largest absolute Gasteiger partial charge is 0.370 e. The molecule has 3 heterocycles. The van der Waals surface area contributed by atoms with Crippen LogP contribution in [0.4, 0.5) is 0 Å². The molecule has 5 nitrogen and oxygen atoms in total. The van der Waals surface area contributed by atoms with E-state index in [2.05, 4.69) is 41.0 Å². The molecule has 1 unspecified atom stereocenters. The van der Waals surface area contributed by atoms with Crippen LogP contribution < -0.4 is 5.73 Å². The van der Waals surface area contributed by atoms with Crippen LogP contribution in [-0.4, -0.2) is 33.3 Å². The van der Waals surface area contributed by atoms with Gasteiger partial charge in [-0.05, 0) is 37.3 Å². The number of hydrogen-bond acceptors (Lipinski definition) is 2. The molecule has 2 aromatic heterocycles. The van der Waals surface area contributed by atoms with Gasteiger partial charge < -0.3 is 15.0 Å². The van der Waals surface area contributed by atoms with E-state index in [9.17, 15) is 0 Å². The lowest BCUT2D eigenvalue weighted by Gasteiger charge is -2.31. The van der Waals surface area contributed by atoms with E-state index in [-0.39, 0.29) is 24.0 Å². The second-order valence-electron chi connectivity index (χ2n) is 6.07. The Bertz CT molecular complexity index is 664. The number of piperidine rings is 1. The standard InChI is InChI=1S/C16H23N5.HI/c1-12-4-3-7-20(9-12)16(17)18-8-14-11-21-10-13(2)5-6-15(21)19-14;/h5-6,10-12H,3-4,7-9H2,1-2H3,(H2,17,18);1H. The summed E-state index contributed by atoms with van der Waals surface area (Å²) < 4.78 is 2.04. The third-order valence-corrected chi connectivity index (χ3v) is 4.03. The normalized spacial score (nSPS) is 19.3. The zero-order chi connectivity index (χ0) is 14.8. The van der Waals surface area contributed by atoms with Gasteiger partial charge in [-0.3, -0.25) is 0 Å². The van der Waals surface area contributed by atoms with Crippen LogP contribution >= 0.6 is 24.0 Å². The van der Waals surface area contributed by atoms with E-state index in [1.54, 1.807) is 0 Å². The number of likely N-dealkylation sites (tertiary alicyclic amines) is 1. The minimum Gasteiger partial charge on any atom is -0.370 e. The van der Waals surface area contributed by atoms with E-state index in [0.717, 1.165) is 24.4 Å². The molecule has 120 valence electrons. The maximum atomic E-state index is 6.12. The van der Waals surface area contributed by atoms with Gasteiger partial charge in [-0.25, -0.2) is 9.98 Å². The molecule has 3 rings (SSSR count). The third-order valence-electron chi connectivity index (χ3n) is 4.03. The third kappa shape index (κ3) is 3.91. The van der Waals surface area contributed by atoms with Gasteiger partial charge in [-0.15, -0.1) is 24.0 Å². The summed E-state index contributed by atoms with van der Waals surface area (Å²) >= 11 is 0. The first-order chi connectivity index (χ1) is 10.1. The number of halogens is 1. The summed E-state index contributed by atoms with van der Waals surface area (Å²) in [6.07, 6.45) is 6.59. The molecule has 1 saturated heterocycles. The van der Waals surface area contributed by atoms with Gasteiger partial charge in [0.25, 0.3) is 0 Å². The Kier molecular flexibility index (Phi) is 5.66. The van der Waals surface area contributed by atoms with Crippen LogP contribution in [0.5, 0.6) is 0 Å². The zero-order valence-electron chi connectivity index (χ0n) is 13.2. The lowest BCUT2D eigenvalue weighted by molar-refractivity contribution is 0.270. The van der Waals surface area contributed by atoms with Gasteiger partial charge in [0.05, 0.1) is 12.2 Å². The molecule has 1 aliphatic rings. The van der Waals surface area contributed by atoms with Crippen molar-refractivity contribution >= 4 is 35.6 Å². The zero-order valence-corrected chi connectivity index (χ0v) is 15.5. The fourth-order valence-electron chi connectivity index (χ4n) is 2.89. The molecule has 22 heavy (non-hydrogen) atoms. The predicted octanol–water partition coefficient (Wildman–Crippen LogP) is 2.81. The van der Waals surface area contributed by atoms with Crippen LogP contribution in [0.15, 0.2) is 29.5 Å². The van der Waals surface area contributed by atoms with Crippen molar-refractivity contribution < 1.29 is 0 Å². The number of nitrogens with two attached hydrogens (primary N) is 1. The molecule has 1 fully saturated rings. The summed E-state index contributed by atoms with van der Waals surface area (Å²) in [4.78, 5) is 11.3. The second kappa shape index (κ2) is 7.30. The van der Waals surface area contributed by atoms with Crippen LogP contribution in [-0.2, 0) is 6.54 Å². The Morgan fingerprint density at radius 3 is 3.00 bits per heavy atom. The van der Waals surface area contributed by atoms with Crippen molar-refractivity contribution in [3.63, 3.8) is 0 Å². The number of aryl methyl sites for hydroxylation is 1. The summed E-state index contributed by atoms with van der Waals surface area (Å²) in [6.45, 7) is 6.91. The Balaban J connectivity index is 0.00000176. The minimum absolute atomic E-state index is 0.